The number of hydrogen-bond donors (Lipinski definition) is 2. The third-order valence-corrected chi connectivity index (χ3v) is 4.06. The Kier molecular flexibility index (Phi) is 4.59. The fraction of sp³-hybridized carbons (Fsp3) is 0.294. The van der Waals surface area contributed by atoms with Crippen LogP contribution in [0.4, 0.5) is 0 Å². The molecule has 0 unspecified atom stereocenters. The molecule has 0 aliphatic carbocycles. The Morgan fingerprint density at radius 1 is 1.46 bits per heavy atom. The van der Waals surface area contributed by atoms with Crippen molar-refractivity contribution in [2.75, 3.05) is 13.2 Å². The van der Waals surface area contributed by atoms with E-state index in [0.29, 0.717) is 41.7 Å². The van der Waals surface area contributed by atoms with Crippen LogP contribution in [0.2, 0.25) is 5.02 Å². The number of phenols is 1. The van der Waals surface area contributed by atoms with Gasteiger partial charge in [-0.05, 0) is 31.2 Å². The molecular formula is C17H18ClN3O3. The standard InChI is InChI=1S/C17H18ClN3O3/c1-10(19)17(23)21-4-5-24-16-12(9-21)6-11(7-15(16)22)14-3-2-13(18)8-20-14/h2-3,6-8,10,22H,4-5,9,19H2,1H3/t10-/m1/s1. The second-order valence-electron chi connectivity index (χ2n) is 5.74. The number of carbonyl (C=O) groups excluding carboxylic acids is 1. The van der Waals surface area contributed by atoms with Crippen LogP contribution in [0.25, 0.3) is 11.3 Å². The number of nitrogens with two attached hydrogens (primary N) is 1. The first-order valence-corrected chi connectivity index (χ1v) is 7.98. The van der Waals surface area contributed by atoms with Crippen LogP contribution in [0.15, 0.2) is 30.5 Å². The molecule has 126 valence electrons. The highest BCUT2D eigenvalue weighted by molar-refractivity contribution is 6.30. The summed E-state index contributed by atoms with van der Waals surface area (Å²) in [6.07, 6.45) is 1.54. The van der Waals surface area contributed by atoms with Gasteiger partial charge in [-0.1, -0.05) is 11.6 Å². The molecule has 0 saturated carbocycles. The summed E-state index contributed by atoms with van der Waals surface area (Å²) >= 11 is 5.86. The van der Waals surface area contributed by atoms with Crippen molar-refractivity contribution >= 4 is 17.5 Å². The van der Waals surface area contributed by atoms with Crippen molar-refractivity contribution in [3.8, 4) is 22.8 Å². The van der Waals surface area contributed by atoms with Gasteiger partial charge in [0.25, 0.3) is 0 Å². The molecule has 2 aromatic rings. The lowest BCUT2D eigenvalue weighted by molar-refractivity contribution is -0.132. The van der Waals surface area contributed by atoms with Crippen molar-refractivity contribution in [3.63, 3.8) is 0 Å². The summed E-state index contributed by atoms with van der Waals surface area (Å²) in [6, 6.07) is 6.37. The first-order valence-electron chi connectivity index (χ1n) is 7.60. The maximum absolute atomic E-state index is 12.2. The predicted octanol–water partition coefficient (Wildman–Crippen LogP) is 2.18. The molecule has 0 fully saturated rings. The first kappa shape index (κ1) is 16.5. The number of aromatic nitrogens is 1. The maximum Gasteiger partial charge on any atom is 0.239 e. The molecule has 1 aliphatic rings. The van der Waals surface area contributed by atoms with Gasteiger partial charge in [-0.3, -0.25) is 9.78 Å². The van der Waals surface area contributed by atoms with Crippen LogP contribution in [0, 0.1) is 0 Å². The van der Waals surface area contributed by atoms with Crippen molar-refractivity contribution in [1.29, 1.82) is 0 Å². The minimum absolute atomic E-state index is 0.0225. The SMILES string of the molecule is C[C@@H](N)C(=O)N1CCOc2c(O)cc(-c3ccc(Cl)cn3)cc2C1. The summed E-state index contributed by atoms with van der Waals surface area (Å²) in [5, 5.41) is 10.8. The third kappa shape index (κ3) is 3.29. The molecule has 1 atom stereocenters. The summed E-state index contributed by atoms with van der Waals surface area (Å²) in [5.41, 5.74) is 7.81. The van der Waals surface area contributed by atoms with Crippen molar-refractivity contribution in [1.82, 2.24) is 9.88 Å². The number of carbonyl (C=O) groups is 1. The molecule has 3 rings (SSSR count). The Bertz CT molecular complexity index is 762. The number of benzene rings is 1. The first-order chi connectivity index (χ1) is 11.5. The number of halogens is 1. The van der Waals surface area contributed by atoms with E-state index in [-0.39, 0.29) is 11.7 Å². The number of pyridine rings is 1. The van der Waals surface area contributed by atoms with Gasteiger partial charge in [0.05, 0.1) is 23.3 Å². The molecule has 1 amide bonds. The molecule has 0 saturated heterocycles. The number of rotatable bonds is 2. The maximum atomic E-state index is 12.2. The third-order valence-electron chi connectivity index (χ3n) is 3.84. The van der Waals surface area contributed by atoms with E-state index in [1.54, 1.807) is 36.2 Å². The van der Waals surface area contributed by atoms with Gasteiger partial charge in [0, 0.05) is 23.9 Å². The van der Waals surface area contributed by atoms with Gasteiger partial charge in [0.1, 0.15) is 6.61 Å². The highest BCUT2D eigenvalue weighted by atomic mass is 35.5. The number of aromatic hydroxyl groups is 1. The second-order valence-corrected chi connectivity index (χ2v) is 6.18. The van der Waals surface area contributed by atoms with E-state index >= 15 is 0 Å². The van der Waals surface area contributed by atoms with Gasteiger partial charge in [-0.15, -0.1) is 0 Å². The molecule has 7 heteroatoms. The van der Waals surface area contributed by atoms with Crippen molar-refractivity contribution < 1.29 is 14.6 Å². The molecule has 1 aromatic carbocycles. The molecule has 0 spiro atoms. The number of fused-ring (bicyclic) bond motifs is 1. The molecular weight excluding hydrogens is 330 g/mol. The van der Waals surface area contributed by atoms with Gasteiger partial charge in [-0.25, -0.2) is 0 Å². The molecule has 1 aliphatic heterocycles. The van der Waals surface area contributed by atoms with E-state index in [1.807, 2.05) is 6.07 Å². The van der Waals surface area contributed by atoms with Gasteiger partial charge in [0.15, 0.2) is 11.5 Å². The van der Waals surface area contributed by atoms with Crippen LogP contribution < -0.4 is 10.5 Å². The molecule has 0 radical (unpaired) electrons. The van der Waals surface area contributed by atoms with E-state index in [2.05, 4.69) is 4.98 Å². The monoisotopic (exact) mass is 347 g/mol. The quantitative estimate of drug-likeness (QED) is 0.869. The number of ether oxygens (including phenoxy) is 1. The fourth-order valence-corrected chi connectivity index (χ4v) is 2.78. The lowest BCUT2D eigenvalue weighted by Crippen LogP contribution is -2.42. The number of hydrogen-bond acceptors (Lipinski definition) is 5. The van der Waals surface area contributed by atoms with Crippen LogP contribution in [-0.4, -0.2) is 40.1 Å². The summed E-state index contributed by atoms with van der Waals surface area (Å²) in [6.45, 7) is 2.70. The lowest BCUT2D eigenvalue weighted by atomic mass is 10.0. The largest absolute Gasteiger partial charge is 0.504 e. The summed E-state index contributed by atoms with van der Waals surface area (Å²) < 4.78 is 5.62. The minimum atomic E-state index is -0.582. The van der Waals surface area contributed by atoms with Crippen LogP contribution in [0.3, 0.4) is 0 Å². The molecule has 6 nitrogen and oxygen atoms in total. The van der Waals surface area contributed by atoms with E-state index in [0.717, 1.165) is 5.56 Å². The van der Waals surface area contributed by atoms with Crippen LogP contribution in [0.5, 0.6) is 11.5 Å². The van der Waals surface area contributed by atoms with Crippen molar-refractivity contribution in [2.24, 2.45) is 5.73 Å². The minimum Gasteiger partial charge on any atom is -0.504 e. The average molecular weight is 348 g/mol. The van der Waals surface area contributed by atoms with E-state index in [9.17, 15) is 9.90 Å². The number of nitrogens with zero attached hydrogens (tertiary/aromatic N) is 2. The zero-order valence-corrected chi connectivity index (χ0v) is 14.0. The molecule has 2 heterocycles. The smallest absolute Gasteiger partial charge is 0.239 e. The summed E-state index contributed by atoms with van der Waals surface area (Å²) in [5.74, 6) is 0.267. The average Bonchev–Trinajstić information content (AvgIpc) is 2.77. The van der Waals surface area contributed by atoms with Crippen LogP contribution in [0.1, 0.15) is 12.5 Å². The Labute approximate surface area is 144 Å². The topological polar surface area (TPSA) is 88.7 Å². The van der Waals surface area contributed by atoms with Gasteiger partial charge < -0.3 is 20.5 Å². The van der Waals surface area contributed by atoms with E-state index in [1.165, 1.54) is 0 Å². The van der Waals surface area contributed by atoms with Gasteiger partial charge in [0.2, 0.25) is 5.91 Å². The van der Waals surface area contributed by atoms with Gasteiger partial charge >= 0.3 is 0 Å². The summed E-state index contributed by atoms with van der Waals surface area (Å²) in [7, 11) is 0. The zero-order valence-electron chi connectivity index (χ0n) is 13.2. The lowest BCUT2D eigenvalue weighted by Gasteiger charge is -2.21. The fourth-order valence-electron chi connectivity index (χ4n) is 2.67. The Hall–Kier alpha value is -2.31. The summed E-state index contributed by atoms with van der Waals surface area (Å²) in [4.78, 5) is 18.1. The molecule has 0 bridgehead atoms. The normalized spacial score (nSPS) is 15.2. The van der Waals surface area contributed by atoms with Crippen LogP contribution in [-0.2, 0) is 11.3 Å². The predicted molar refractivity (Wildman–Crippen MR) is 90.9 cm³/mol. The van der Waals surface area contributed by atoms with Crippen molar-refractivity contribution in [3.05, 3.63) is 41.0 Å². The second kappa shape index (κ2) is 6.67. The Morgan fingerprint density at radius 2 is 2.25 bits per heavy atom. The highest BCUT2D eigenvalue weighted by Crippen LogP contribution is 2.37. The van der Waals surface area contributed by atoms with E-state index in [4.69, 9.17) is 22.1 Å². The molecule has 3 N–H and O–H groups in total. The molecule has 1 aromatic heterocycles. The van der Waals surface area contributed by atoms with E-state index < -0.39 is 6.04 Å². The van der Waals surface area contributed by atoms with Gasteiger partial charge in [-0.2, -0.15) is 0 Å². The Morgan fingerprint density at radius 3 is 2.92 bits per heavy atom. The van der Waals surface area contributed by atoms with Crippen molar-refractivity contribution in [2.45, 2.75) is 19.5 Å². The Balaban J connectivity index is 1.99. The number of amides is 1. The van der Waals surface area contributed by atoms with Crippen LogP contribution >= 0.6 is 11.6 Å². The zero-order chi connectivity index (χ0) is 17.3. The number of phenolic OH excluding ortho intramolecular Hbond substituents is 1. The highest BCUT2D eigenvalue weighted by Gasteiger charge is 2.24. The molecule has 24 heavy (non-hydrogen) atoms.